The molecule has 2 N–H and O–H groups in total. The Balaban J connectivity index is 2.10. The molecule has 0 spiro atoms. The molecule has 0 saturated heterocycles. The minimum absolute atomic E-state index is 0.0259. The van der Waals surface area contributed by atoms with Crippen molar-refractivity contribution >= 4 is 12.2 Å². The SMILES string of the molecule is C[C@H](CCCNC(=O)OCc1ccccc1)NC(=O)OC(C)(C)C. The average molecular weight is 336 g/mol. The minimum atomic E-state index is -0.506. The number of rotatable bonds is 7. The van der Waals surface area contributed by atoms with E-state index in [-0.39, 0.29) is 12.6 Å². The predicted octanol–water partition coefficient (Wildman–Crippen LogP) is 3.61. The maximum atomic E-state index is 11.6. The highest BCUT2D eigenvalue weighted by atomic mass is 16.6. The maximum absolute atomic E-state index is 11.6. The van der Waals surface area contributed by atoms with Crippen LogP contribution in [-0.4, -0.2) is 30.4 Å². The molecule has 0 radical (unpaired) electrons. The summed E-state index contributed by atoms with van der Waals surface area (Å²) in [5, 5.41) is 5.46. The van der Waals surface area contributed by atoms with Crippen molar-refractivity contribution in [2.45, 2.75) is 58.8 Å². The number of carbonyl (C=O) groups excluding carboxylic acids is 2. The zero-order chi connectivity index (χ0) is 18.0. The van der Waals surface area contributed by atoms with Crippen LogP contribution >= 0.6 is 0 Å². The van der Waals surface area contributed by atoms with Crippen molar-refractivity contribution in [2.75, 3.05) is 6.54 Å². The van der Waals surface area contributed by atoms with Gasteiger partial charge in [0.25, 0.3) is 0 Å². The quantitative estimate of drug-likeness (QED) is 0.746. The van der Waals surface area contributed by atoms with Crippen molar-refractivity contribution in [3.63, 3.8) is 0 Å². The molecule has 0 fully saturated rings. The molecular weight excluding hydrogens is 308 g/mol. The van der Waals surface area contributed by atoms with Gasteiger partial charge in [0.2, 0.25) is 0 Å². The second kappa shape index (κ2) is 9.80. The summed E-state index contributed by atoms with van der Waals surface area (Å²) in [6.07, 6.45) is 0.604. The summed E-state index contributed by atoms with van der Waals surface area (Å²) >= 11 is 0. The summed E-state index contributed by atoms with van der Waals surface area (Å²) < 4.78 is 10.3. The lowest BCUT2D eigenvalue weighted by Crippen LogP contribution is -2.38. The molecule has 1 aromatic rings. The van der Waals surface area contributed by atoms with Gasteiger partial charge in [-0.2, -0.15) is 0 Å². The minimum Gasteiger partial charge on any atom is -0.445 e. The smallest absolute Gasteiger partial charge is 0.407 e. The fourth-order valence-corrected chi connectivity index (χ4v) is 1.95. The van der Waals surface area contributed by atoms with Gasteiger partial charge in [-0.3, -0.25) is 0 Å². The van der Waals surface area contributed by atoms with Gasteiger partial charge in [0.05, 0.1) is 0 Å². The Labute approximate surface area is 143 Å². The molecular formula is C18H28N2O4. The molecule has 6 heteroatoms. The third-order valence-electron chi connectivity index (χ3n) is 3.06. The van der Waals surface area contributed by atoms with E-state index in [1.54, 1.807) is 0 Å². The standard InChI is InChI=1S/C18H28N2O4/c1-14(20-17(22)24-18(2,3)4)9-8-12-19-16(21)23-13-15-10-6-5-7-11-15/h5-7,10-11,14H,8-9,12-13H2,1-4H3,(H,19,21)(H,20,22)/t14-/m1/s1. The summed E-state index contributed by atoms with van der Waals surface area (Å²) in [5.74, 6) is 0. The third-order valence-corrected chi connectivity index (χ3v) is 3.06. The van der Waals surface area contributed by atoms with E-state index in [4.69, 9.17) is 9.47 Å². The van der Waals surface area contributed by atoms with Crippen LogP contribution in [0.3, 0.4) is 0 Å². The second-order valence-electron chi connectivity index (χ2n) is 6.68. The van der Waals surface area contributed by atoms with Gasteiger partial charge in [0.1, 0.15) is 12.2 Å². The predicted molar refractivity (Wildman–Crippen MR) is 92.7 cm³/mol. The van der Waals surface area contributed by atoms with Crippen molar-refractivity contribution in [3.05, 3.63) is 35.9 Å². The average Bonchev–Trinajstić information content (AvgIpc) is 2.48. The third kappa shape index (κ3) is 9.71. The van der Waals surface area contributed by atoms with E-state index in [1.807, 2.05) is 58.0 Å². The molecule has 134 valence electrons. The second-order valence-corrected chi connectivity index (χ2v) is 6.68. The number of hydrogen-bond acceptors (Lipinski definition) is 4. The zero-order valence-corrected chi connectivity index (χ0v) is 14.9. The lowest BCUT2D eigenvalue weighted by Gasteiger charge is -2.22. The first-order valence-electron chi connectivity index (χ1n) is 8.20. The molecule has 6 nitrogen and oxygen atoms in total. The number of ether oxygens (including phenoxy) is 2. The largest absolute Gasteiger partial charge is 0.445 e. The van der Waals surface area contributed by atoms with Crippen molar-refractivity contribution < 1.29 is 19.1 Å². The highest BCUT2D eigenvalue weighted by molar-refractivity contribution is 5.68. The van der Waals surface area contributed by atoms with Crippen LogP contribution < -0.4 is 10.6 Å². The van der Waals surface area contributed by atoms with Gasteiger partial charge >= 0.3 is 12.2 Å². The van der Waals surface area contributed by atoms with E-state index in [2.05, 4.69) is 10.6 Å². The van der Waals surface area contributed by atoms with Crippen LogP contribution in [0.5, 0.6) is 0 Å². The summed E-state index contributed by atoms with van der Waals surface area (Å²) in [5.41, 5.74) is 0.441. The number of benzene rings is 1. The number of alkyl carbamates (subject to hydrolysis) is 2. The van der Waals surface area contributed by atoms with E-state index < -0.39 is 17.8 Å². The molecule has 2 amide bonds. The highest BCUT2D eigenvalue weighted by Gasteiger charge is 2.17. The molecule has 1 atom stereocenters. The molecule has 0 heterocycles. The Morgan fingerprint density at radius 2 is 1.79 bits per heavy atom. The topological polar surface area (TPSA) is 76.7 Å². The molecule has 0 saturated carbocycles. The van der Waals surface area contributed by atoms with E-state index >= 15 is 0 Å². The molecule has 24 heavy (non-hydrogen) atoms. The number of nitrogens with one attached hydrogen (secondary N) is 2. The number of amides is 2. The monoisotopic (exact) mass is 336 g/mol. The number of carbonyl (C=O) groups is 2. The Hall–Kier alpha value is -2.24. The summed E-state index contributed by atoms with van der Waals surface area (Å²) in [7, 11) is 0. The van der Waals surface area contributed by atoms with Gasteiger partial charge in [0, 0.05) is 12.6 Å². The van der Waals surface area contributed by atoms with E-state index in [0.29, 0.717) is 6.54 Å². The van der Waals surface area contributed by atoms with Crippen LogP contribution in [0.1, 0.15) is 46.1 Å². The Morgan fingerprint density at radius 1 is 1.12 bits per heavy atom. The summed E-state index contributed by atoms with van der Waals surface area (Å²) in [6.45, 7) is 8.11. The first-order chi connectivity index (χ1) is 11.3. The molecule has 1 aromatic carbocycles. The van der Waals surface area contributed by atoms with Gasteiger partial charge in [0.15, 0.2) is 0 Å². The molecule has 0 bridgehead atoms. The van der Waals surface area contributed by atoms with Crippen molar-refractivity contribution in [1.82, 2.24) is 10.6 Å². The summed E-state index contributed by atoms with van der Waals surface area (Å²) in [6, 6.07) is 9.48. The van der Waals surface area contributed by atoms with Crippen LogP contribution in [0.25, 0.3) is 0 Å². The van der Waals surface area contributed by atoms with Crippen LogP contribution in [0.15, 0.2) is 30.3 Å². The fourth-order valence-electron chi connectivity index (χ4n) is 1.95. The lowest BCUT2D eigenvalue weighted by atomic mass is 10.2. The first-order valence-corrected chi connectivity index (χ1v) is 8.20. The molecule has 0 aliphatic rings. The van der Waals surface area contributed by atoms with Crippen LogP contribution in [0.4, 0.5) is 9.59 Å². The van der Waals surface area contributed by atoms with E-state index in [9.17, 15) is 9.59 Å². The van der Waals surface area contributed by atoms with Gasteiger partial charge < -0.3 is 20.1 Å². The Morgan fingerprint density at radius 3 is 2.42 bits per heavy atom. The van der Waals surface area contributed by atoms with Crippen molar-refractivity contribution in [1.29, 1.82) is 0 Å². The number of hydrogen-bond donors (Lipinski definition) is 2. The van der Waals surface area contributed by atoms with Gasteiger partial charge in [-0.05, 0) is 46.1 Å². The van der Waals surface area contributed by atoms with E-state index in [1.165, 1.54) is 0 Å². The van der Waals surface area contributed by atoms with Gasteiger partial charge in [-0.15, -0.1) is 0 Å². The van der Waals surface area contributed by atoms with Gasteiger partial charge in [-0.1, -0.05) is 30.3 Å². The Bertz CT molecular complexity index is 512. The normalized spacial score (nSPS) is 12.2. The van der Waals surface area contributed by atoms with Crippen LogP contribution in [0.2, 0.25) is 0 Å². The maximum Gasteiger partial charge on any atom is 0.407 e. The summed E-state index contributed by atoms with van der Waals surface area (Å²) in [4.78, 5) is 23.2. The van der Waals surface area contributed by atoms with Crippen molar-refractivity contribution in [3.8, 4) is 0 Å². The zero-order valence-electron chi connectivity index (χ0n) is 14.9. The van der Waals surface area contributed by atoms with Crippen LogP contribution in [0, 0.1) is 0 Å². The first kappa shape index (κ1) is 19.8. The highest BCUT2D eigenvalue weighted by Crippen LogP contribution is 2.07. The van der Waals surface area contributed by atoms with Gasteiger partial charge in [-0.25, -0.2) is 9.59 Å². The molecule has 0 unspecified atom stereocenters. The molecule has 1 rings (SSSR count). The molecule has 0 aliphatic heterocycles. The molecule has 0 aliphatic carbocycles. The van der Waals surface area contributed by atoms with Crippen molar-refractivity contribution in [2.24, 2.45) is 0 Å². The van der Waals surface area contributed by atoms with E-state index in [0.717, 1.165) is 18.4 Å². The van der Waals surface area contributed by atoms with Crippen LogP contribution in [-0.2, 0) is 16.1 Å². The fraction of sp³-hybridized carbons (Fsp3) is 0.556. The lowest BCUT2D eigenvalue weighted by molar-refractivity contribution is 0.0505. The Kier molecular flexibility index (Phi) is 8.09. The molecule has 0 aromatic heterocycles.